The number of nitrogens with zero attached hydrogens (tertiary/aromatic N) is 2. The summed E-state index contributed by atoms with van der Waals surface area (Å²) in [6.45, 7) is 10.9. The molecule has 0 spiro atoms. The lowest BCUT2D eigenvalue weighted by atomic mass is 9.95. The molecule has 0 N–H and O–H groups in total. The number of aryl methyl sites for hydroxylation is 2. The van der Waals surface area contributed by atoms with Crippen molar-refractivity contribution in [3.63, 3.8) is 0 Å². The molecule has 3 nitrogen and oxygen atoms in total. The van der Waals surface area contributed by atoms with E-state index < -0.39 is 0 Å². The molecular formula is C25H32N2O. The monoisotopic (exact) mass is 376 g/mol. The fourth-order valence-corrected chi connectivity index (χ4v) is 4.15. The zero-order valence-electron chi connectivity index (χ0n) is 17.9. The van der Waals surface area contributed by atoms with Crippen molar-refractivity contribution in [2.24, 2.45) is 0 Å². The van der Waals surface area contributed by atoms with Crippen molar-refractivity contribution in [2.75, 3.05) is 25.1 Å². The van der Waals surface area contributed by atoms with Crippen LogP contribution in [0.5, 0.6) is 5.75 Å². The summed E-state index contributed by atoms with van der Waals surface area (Å²) in [6.07, 6.45) is 3.20. The summed E-state index contributed by atoms with van der Waals surface area (Å²) in [5, 5.41) is 2.47. The van der Waals surface area contributed by atoms with Crippen LogP contribution >= 0.6 is 0 Å². The minimum absolute atomic E-state index is 0.892. The molecule has 1 aromatic heterocycles. The molecule has 0 amide bonds. The van der Waals surface area contributed by atoms with Gasteiger partial charge in [0.25, 0.3) is 0 Å². The first-order chi connectivity index (χ1) is 13.7. The standard InChI is InChI=1S/C25H32N2O/c1-6-16-27(17-7-2)25-18(4)26-24(20-13-9-10-14-21(20)25)23-19(8-3)12-11-15-22(23)28-5/h9-15H,6-8,16-17H2,1-5H3. The second-order valence-electron chi connectivity index (χ2n) is 7.28. The van der Waals surface area contributed by atoms with Gasteiger partial charge in [0.15, 0.2) is 0 Å². The summed E-state index contributed by atoms with van der Waals surface area (Å²) in [5.74, 6) is 0.892. The molecule has 0 unspecified atom stereocenters. The number of aromatic nitrogens is 1. The minimum atomic E-state index is 0.892. The van der Waals surface area contributed by atoms with Crippen LogP contribution in [0, 0.1) is 6.92 Å². The van der Waals surface area contributed by atoms with E-state index in [1.165, 1.54) is 22.0 Å². The molecule has 28 heavy (non-hydrogen) atoms. The first-order valence-corrected chi connectivity index (χ1v) is 10.5. The van der Waals surface area contributed by atoms with Gasteiger partial charge in [-0.3, -0.25) is 4.98 Å². The van der Waals surface area contributed by atoms with Gasteiger partial charge in [-0.1, -0.05) is 57.2 Å². The molecule has 0 aliphatic rings. The van der Waals surface area contributed by atoms with Gasteiger partial charge in [-0.25, -0.2) is 0 Å². The number of ether oxygens (including phenoxy) is 1. The average molecular weight is 377 g/mol. The summed E-state index contributed by atoms with van der Waals surface area (Å²) < 4.78 is 5.74. The lowest BCUT2D eigenvalue weighted by molar-refractivity contribution is 0.416. The summed E-state index contributed by atoms with van der Waals surface area (Å²) in [4.78, 5) is 7.65. The third-order valence-corrected chi connectivity index (χ3v) is 5.31. The molecule has 0 bridgehead atoms. The number of anilines is 1. The molecule has 0 fully saturated rings. The van der Waals surface area contributed by atoms with Crippen molar-refractivity contribution in [1.82, 2.24) is 4.98 Å². The lowest BCUT2D eigenvalue weighted by Gasteiger charge is -2.28. The zero-order valence-corrected chi connectivity index (χ0v) is 17.9. The van der Waals surface area contributed by atoms with Gasteiger partial charge in [-0.2, -0.15) is 0 Å². The molecular weight excluding hydrogens is 344 g/mol. The predicted octanol–water partition coefficient (Wildman–Crippen LogP) is 6.41. The Hall–Kier alpha value is -2.55. The Bertz CT molecular complexity index is 920. The second kappa shape index (κ2) is 9.09. The third kappa shape index (κ3) is 3.71. The fraction of sp³-hybridized carbons (Fsp3) is 0.400. The second-order valence-corrected chi connectivity index (χ2v) is 7.28. The Labute approximate surface area is 169 Å². The van der Waals surface area contributed by atoms with Gasteiger partial charge in [0.05, 0.1) is 24.2 Å². The van der Waals surface area contributed by atoms with Crippen LogP contribution in [-0.2, 0) is 6.42 Å². The van der Waals surface area contributed by atoms with Crippen LogP contribution in [-0.4, -0.2) is 25.2 Å². The zero-order chi connectivity index (χ0) is 20.1. The Balaban J connectivity index is 2.33. The maximum Gasteiger partial charge on any atom is 0.128 e. The maximum absolute atomic E-state index is 5.74. The van der Waals surface area contributed by atoms with E-state index in [2.05, 4.69) is 69.0 Å². The van der Waals surface area contributed by atoms with Crippen molar-refractivity contribution in [2.45, 2.75) is 47.0 Å². The highest BCUT2D eigenvalue weighted by molar-refractivity contribution is 6.04. The van der Waals surface area contributed by atoms with Gasteiger partial charge < -0.3 is 9.64 Å². The van der Waals surface area contributed by atoms with E-state index >= 15 is 0 Å². The van der Waals surface area contributed by atoms with Crippen LogP contribution in [0.2, 0.25) is 0 Å². The highest BCUT2D eigenvalue weighted by Crippen LogP contribution is 2.40. The van der Waals surface area contributed by atoms with Crippen molar-refractivity contribution in [3.05, 3.63) is 53.7 Å². The van der Waals surface area contributed by atoms with Crippen molar-refractivity contribution in [1.29, 1.82) is 0 Å². The van der Waals surface area contributed by atoms with Gasteiger partial charge in [0, 0.05) is 29.4 Å². The quantitative estimate of drug-likeness (QED) is 0.454. The van der Waals surface area contributed by atoms with Crippen LogP contribution in [0.25, 0.3) is 22.0 Å². The van der Waals surface area contributed by atoms with Gasteiger partial charge in [0.2, 0.25) is 0 Å². The van der Waals surface area contributed by atoms with E-state index in [0.717, 1.165) is 55.1 Å². The first-order valence-electron chi connectivity index (χ1n) is 10.5. The van der Waals surface area contributed by atoms with Crippen LogP contribution in [0.15, 0.2) is 42.5 Å². The Morgan fingerprint density at radius 2 is 1.57 bits per heavy atom. The first kappa shape index (κ1) is 20.2. The van der Waals surface area contributed by atoms with Crippen LogP contribution < -0.4 is 9.64 Å². The Morgan fingerprint density at radius 1 is 0.893 bits per heavy atom. The number of rotatable bonds is 8. The molecule has 0 aliphatic heterocycles. The number of methoxy groups -OCH3 is 1. The smallest absolute Gasteiger partial charge is 0.128 e. The number of benzene rings is 2. The molecule has 0 atom stereocenters. The van der Waals surface area contributed by atoms with Gasteiger partial charge in [0.1, 0.15) is 5.75 Å². The summed E-state index contributed by atoms with van der Waals surface area (Å²) in [7, 11) is 1.74. The average Bonchev–Trinajstić information content (AvgIpc) is 2.72. The molecule has 0 saturated heterocycles. The normalized spacial score (nSPS) is 11.0. The predicted molar refractivity (Wildman–Crippen MR) is 121 cm³/mol. The van der Waals surface area contributed by atoms with E-state index in [-0.39, 0.29) is 0 Å². The largest absolute Gasteiger partial charge is 0.496 e. The van der Waals surface area contributed by atoms with E-state index in [1.807, 2.05) is 6.07 Å². The van der Waals surface area contributed by atoms with Gasteiger partial charge >= 0.3 is 0 Å². The van der Waals surface area contributed by atoms with Crippen LogP contribution in [0.1, 0.15) is 44.9 Å². The number of hydrogen-bond donors (Lipinski definition) is 0. The summed E-state index contributed by atoms with van der Waals surface area (Å²) >= 11 is 0. The molecule has 2 aromatic carbocycles. The van der Waals surface area contributed by atoms with E-state index in [0.29, 0.717) is 0 Å². The van der Waals surface area contributed by atoms with E-state index in [4.69, 9.17) is 9.72 Å². The highest BCUT2D eigenvalue weighted by Gasteiger charge is 2.20. The Morgan fingerprint density at radius 3 is 2.18 bits per heavy atom. The number of pyridine rings is 1. The topological polar surface area (TPSA) is 25.4 Å². The molecule has 0 saturated carbocycles. The van der Waals surface area contributed by atoms with Crippen molar-refractivity contribution < 1.29 is 4.74 Å². The van der Waals surface area contributed by atoms with E-state index in [9.17, 15) is 0 Å². The van der Waals surface area contributed by atoms with Crippen molar-refractivity contribution in [3.8, 4) is 17.0 Å². The lowest BCUT2D eigenvalue weighted by Crippen LogP contribution is -2.26. The van der Waals surface area contributed by atoms with Gasteiger partial charge in [-0.05, 0) is 37.8 Å². The van der Waals surface area contributed by atoms with Crippen LogP contribution in [0.3, 0.4) is 0 Å². The summed E-state index contributed by atoms with van der Waals surface area (Å²) in [6, 6.07) is 15.0. The maximum atomic E-state index is 5.74. The molecule has 3 rings (SSSR count). The molecule has 3 aromatic rings. The third-order valence-electron chi connectivity index (χ3n) is 5.31. The summed E-state index contributed by atoms with van der Waals surface area (Å²) in [5.41, 5.74) is 5.78. The van der Waals surface area contributed by atoms with Crippen molar-refractivity contribution >= 4 is 16.5 Å². The number of fused-ring (bicyclic) bond motifs is 1. The number of hydrogen-bond acceptors (Lipinski definition) is 3. The molecule has 148 valence electrons. The highest BCUT2D eigenvalue weighted by atomic mass is 16.5. The molecule has 0 aliphatic carbocycles. The molecule has 0 radical (unpaired) electrons. The minimum Gasteiger partial charge on any atom is -0.496 e. The Kier molecular flexibility index (Phi) is 6.56. The SMILES string of the molecule is CCCN(CCC)c1c(C)nc(-c2c(CC)cccc2OC)c2ccccc12. The van der Waals surface area contributed by atoms with E-state index in [1.54, 1.807) is 7.11 Å². The molecule has 1 heterocycles. The van der Waals surface area contributed by atoms with Crippen LogP contribution in [0.4, 0.5) is 5.69 Å². The fourth-order valence-electron chi connectivity index (χ4n) is 4.15. The van der Waals surface area contributed by atoms with Gasteiger partial charge in [-0.15, -0.1) is 0 Å². The molecule has 3 heteroatoms.